The minimum atomic E-state index is -3.95. The van der Waals surface area contributed by atoms with Gasteiger partial charge in [-0.15, -0.1) is 0 Å². The number of benzene rings is 1. The van der Waals surface area contributed by atoms with Gasteiger partial charge < -0.3 is 4.18 Å². The molecule has 1 aromatic rings. The third kappa shape index (κ3) is 14.6. The van der Waals surface area contributed by atoms with Crippen molar-refractivity contribution >= 4 is 10.4 Å². The van der Waals surface area contributed by atoms with Crippen LogP contribution in [0.2, 0.25) is 0 Å². The van der Waals surface area contributed by atoms with Crippen LogP contribution in [-0.4, -0.2) is 15.0 Å². The molecule has 1 rings (SSSR count). The maximum Gasteiger partial charge on any atom is 0.449 e. The first-order valence-corrected chi connectivity index (χ1v) is 12.1. The summed E-state index contributed by atoms with van der Waals surface area (Å²) in [7, 11) is -3.95. The summed E-state index contributed by atoms with van der Waals surface area (Å²) in [6.45, 7) is 2.45. The molecule has 1 aromatic carbocycles. The Kier molecular flexibility index (Phi) is 14.1. The van der Waals surface area contributed by atoms with Gasteiger partial charge in [-0.2, -0.15) is 8.42 Å². The average molecular weight is 399 g/mol. The van der Waals surface area contributed by atoms with E-state index in [1.807, 2.05) is 0 Å². The fourth-order valence-electron chi connectivity index (χ4n) is 3.08. The molecular weight excluding hydrogens is 360 g/mol. The van der Waals surface area contributed by atoms with Crippen molar-refractivity contribution in [3.8, 4) is 5.75 Å². The summed E-state index contributed by atoms with van der Waals surface area (Å²) in [5.41, 5.74) is 0. The summed E-state index contributed by atoms with van der Waals surface area (Å²) in [5, 5.41) is 0. The van der Waals surface area contributed by atoms with Crippen molar-refractivity contribution in [2.75, 3.05) is 6.61 Å². The van der Waals surface area contributed by atoms with Crippen LogP contribution in [0.4, 0.5) is 0 Å². The van der Waals surface area contributed by atoms with Gasteiger partial charge in [0.2, 0.25) is 0 Å². The molecule has 0 heterocycles. The highest BCUT2D eigenvalue weighted by atomic mass is 32.3. The molecule has 0 saturated carbocycles. The van der Waals surface area contributed by atoms with E-state index in [9.17, 15) is 8.42 Å². The Hall–Kier alpha value is -1.07. The van der Waals surface area contributed by atoms with E-state index in [1.54, 1.807) is 30.3 Å². The first kappa shape index (κ1) is 24.0. The minimum Gasteiger partial charge on any atom is -0.362 e. The van der Waals surface area contributed by atoms with Crippen LogP contribution in [0.1, 0.15) is 96.8 Å². The monoisotopic (exact) mass is 398 g/mol. The lowest BCUT2D eigenvalue weighted by atomic mass is 10.0. The van der Waals surface area contributed by atoms with Crippen LogP contribution in [0, 0.1) is 0 Å². The lowest BCUT2D eigenvalue weighted by Gasteiger charge is -2.07. The molecule has 0 saturated heterocycles. The minimum absolute atomic E-state index is 0.188. The van der Waals surface area contributed by atoms with Gasteiger partial charge in [-0.1, -0.05) is 109 Å². The second-order valence-corrected chi connectivity index (χ2v) is 8.44. The van der Waals surface area contributed by atoms with E-state index in [1.165, 1.54) is 70.6 Å². The molecular formula is C22H38O4S. The van der Waals surface area contributed by atoms with Crippen LogP contribution < -0.4 is 4.18 Å². The molecule has 0 aliphatic rings. The molecule has 0 aliphatic carbocycles. The molecule has 0 spiro atoms. The van der Waals surface area contributed by atoms with E-state index >= 15 is 0 Å². The molecule has 0 bridgehead atoms. The Balaban J connectivity index is 1.86. The molecule has 0 unspecified atom stereocenters. The smallest absolute Gasteiger partial charge is 0.362 e. The van der Waals surface area contributed by atoms with Gasteiger partial charge >= 0.3 is 10.4 Å². The normalized spacial score (nSPS) is 11.6. The molecule has 0 aromatic heterocycles. The summed E-state index contributed by atoms with van der Waals surface area (Å²) < 4.78 is 33.1. The van der Waals surface area contributed by atoms with Gasteiger partial charge in [0.25, 0.3) is 0 Å². The average Bonchev–Trinajstić information content (AvgIpc) is 2.65. The first-order chi connectivity index (χ1) is 13.1. The van der Waals surface area contributed by atoms with E-state index in [-0.39, 0.29) is 12.4 Å². The van der Waals surface area contributed by atoms with E-state index in [0.29, 0.717) is 0 Å². The number of para-hydroxylation sites is 1. The predicted molar refractivity (Wildman–Crippen MR) is 112 cm³/mol. The van der Waals surface area contributed by atoms with Gasteiger partial charge in [-0.3, -0.25) is 0 Å². The van der Waals surface area contributed by atoms with Crippen molar-refractivity contribution in [1.29, 1.82) is 0 Å². The molecule has 5 heteroatoms. The molecule has 0 atom stereocenters. The van der Waals surface area contributed by atoms with Gasteiger partial charge in [-0.05, 0) is 18.6 Å². The maximum atomic E-state index is 11.7. The van der Waals surface area contributed by atoms with Crippen LogP contribution >= 0.6 is 0 Å². The van der Waals surface area contributed by atoms with Crippen molar-refractivity contribution in [1.82, 2.24) is 0 Å². The standard InChI is InChI=1S/C22H38O4S/c1-2-3-4-5-6-7-8-9-10-11-12-13-14-18-21-25-27(23,24)26-22-19-16-15-17-20-22/h15-17,19-20H,2-14,18,21H2,1H3. The highest BCUT2D eigenvalue weighted by Gasteiger charge is 2.12. The largest absolute Gasteiger partial charge is 0.449 e. The number of unbranched alkanes of at least 4 members (excludes halogenated alkanes) is 13. The van der Waals surface area contributed by atoms with Crippen LogP contribution in [0.25, 0.3) is 0 Å². The zero-order valence-electron chi connectivity index (χ0n) is 17.0. The van der Waals surface area contributed by atoms with Crippen molar-refractivity contribution < 1.29 is 16.8 Å². The van der Waals surface area contributed by atoms with E-state index in [2.05, 4.69) is 6.92 Å². The van der Waals surface area contributed by atoms with Crippen LogP contribution in [-0.2, 0) is 14.6 Å². The molecule has 156 valence electrons. The van der Waals surface area contributed by atoms with Crippen molar-refractivity contribution in [2.45, 2.75) is 96.8 Å². The van der Waals surface area contributed by atoms with E-state index < -0.39 is 10.4 Å². The molecule has 27 heavy (non-hydrogen) atoms. The van der Waals surface area contributed by atoms with E-state index in [0.717, 1.165) is 19.3 Å². The zero-order chi connectivity index (χ0) is 19.6. The Labute approximate surface area is 167 Å². The third-order valence-corrected chi connectivity index (χ3v) is 5.52. The second kappa shape index (κ2) is 15.9. The van der Waals surface area contributed by atoms with Gasteiger partial charge in [0.05, 0.1) is 6.61 Å². The highest BCUT2D eigenvalue weighted by molar-refractivity contribution is 7.82. The SMILES string of the molecule is CCCCCCCCCCCCCCCCOS(=O)(=O)Oc1ccccc1. The quantitative estimate of drug-likeness (QED) is 0.255. The van der Waals surface area contributed by atoms with Crippen LogP contribution in [0.15, 0.2) is 30.3 Å². The summed E-state index contributed by atoms with van der Waals surface area (Å²) in [6.07, 6.45) is 17.7. The van der Waals surface area contributed by atoms with Crippen LogP contribution in [0.5, 0.6) is 5.75 Å². The number of hydrogen-bond acceptors (Lipinski definition) is 4. The molecule has 0 N–H and O–H groups in total. The third-order valence-electron chi connectivity index (χ3n) is 4.67. The summed E-state index contributed by atoms with van der Waals surface area (Å²) in [5.74, 6) is 0.276. The summed E-state index contributed by atoms with van der Waals surface area (Å²) in [6, 6.07) is 8.42. The summed E-state index contributed by atoms with van der Waals surface area (Å²) >= 11 is 0. The Morgan fingerprint density at radius 1 is 0.667 bits per heavy atom. The van der Waals surface area contributed by atoms with Gasteiger partial charge in [-0.25, -0.2) is 4.18 Å². The second-order valence-electron chi connectivity index (χ2n) is 7.22. The molecule has 0 amide bonds. The molecule has 0 aliphatic heterocycles. The van der Waals surface area contributed by atoms with Gasteiger partial charge in [0, 0.05) is 0 Å². The lowest BCUT2D eigenvalue weighted by Crippen LogP contribution is -2.14. The van der Waals surface area contributed by atoms with E-state index in [4.69, 9.17) is 8.37 Å². The van der Waals surface area contributed by atoms with Crippen molar-refractivity contribution in [2.24, 2.45) is 0 Å². The topological polar surface area (TPSA) is 52.6 Å². The maximum absolute atomic E-state index is 11.7. The van der Waals surface area contributed by atoms with Gasteiger partial charge in [0.1, 0.15) is 5.75 Å². The molecule has 4 nitrogen and oxygen atoms in total. The number of rotatable bonds is 18. The van der Waals surface area contributed by atoms with Crippen molar-refractivity contribution in [3.63, 3.8) is 0 Å². The fraction of sp³-hybridized carbons (Fsp3) is 0.727. The first-order valence-electron chi connectivity index (χ1n) is 10.8. The Morgan fingerprint density at radius 2 is 1.11 bits per heavy atom. The van der Waals surface area contributed by atoms with Crippen LogP contribution in [0.3, 0.4) is 0 Å². The number of hydrogen-bond donors (Lipinski definition) is 0. The summed E-state index contributed by atoms with van der Waals surface area (Å²) in [4.78, 5) is 0. The van der Waals surface area contributed by atoms with Gasteiger partial charge in [0.15, 0.2) is 0 Å². The Bertz CT molecular complexity index is 543. The lowest BCUT2D eigenvalue weighted by molar-refractivity contribution is 0.265. The Morgan fingerprint density at radius 3 is 1.59 bits per heavy atom. The zero-order valence-corrected chi connectivity index (χ0v) is 17.9. The highest BCUT2D eigenvalue weighted by Crippen LogP contribution is 2.14. The molecule has 0 fully saturated rings. The predicted octanol–water partition coefficient (Wildman–Crippen LogP) is 6.81. The molecule has 0 radical (unpaired) electrons. The van der Waals surface area contributed by atoms with Crippen molar-refractivity contribution in [3.05, 3.63) is 30.3 Å². The fourth-order valence-corrected chi connectivity index (χ4v) is 3.79.